The molecule has 1 aromatic carbocycles. The van der Waals surface area contributed by atoms with Gasteiger partial charge in [-0.05, 0) is 37.5 Å². The van der Waals surface area contributed by atoms with Crippen molar-refractivity contribution < 1.29 is 18.7 Å². The zero-order valence-electron chi connectivity index (χ0n) is 13.2. The monoisotopic (exact) mass is 303 g/mol. The van der Waals surface area contributed by atoms with Crippen LogP contribution in [0.1, 0.15) is 41.4 Å². The summed E-state index contributed by atoms with van der Waals surface area (Å²) < 4.78 is 10.2. The minimum absolute atomic E-state index is 0.253. The Labute approximate surface area is 129 Å². The maximum absolute atomic E-state index is 12.2. The topological polar surface area (TPSA) is 68.5 Å². The molecule has 0 saturated carbocycles. The molecule has 0 aliphatic heterocycles. The number of fused-ring (bicyclic) bond motifs is 1. The lowest BCUT2D eigenvalue weighted by Gasteiger charge is -2.03. The van der Waals surface area contributed by atoms with Gasteiger partial charge in [0.2, 0.25) is 0 Å². The van der Waals surface area contributed by atoms with Crippen molar-refractivity contribution in [3.8, 4) is 0 Å². The fourth-order valence-corrected chi connectivity index (χ4v) is 2.32. The normalized spacial score (nSPS) is 10.7. The lowest BCUT2D eigenvalue weighted by atomic mass is 10.1. The summed E-state index contributed by atoms with van der Waals surface area (Å²) in [5, 5.41) is 3.74. The fourth-order valence-electron chi connectivity index (χ4n) is 2.32. The van der Waals surface area contributed by atoms with E-state index in [1.807, 2.05) is 19.1 Å². The highest BCUT2D eigenvalue weighted by atomic mass is 16.5. The maximum atomic E-state index is 12.2. The second kappa shape index (κ2) is 7.11. The van der Waals surface area contributed by atoms with Gasteiger partial charge in [0.05, 0.1) is 7.11 Å². The van der Waals surface area contributed by atoms with Crippen molar-refractivity contribution in [2.75, 3.05) is 13.7 Å². The summed E-state index contributed by atoms with van der Waals surface area (Å²) in [5.74, 6) is -0.195. The van der Waals surface area contributed by atoms with Crippen LogP contribution >= 0.6 is 0 Å². The molecule has 0 bridgehead atoms. The third-order valence-corrected chi connectivity index (χ3v) is 3.69. The summed E-state index contributed by atoms with van der Waals surface area (Å²) in [7, 11) is 1.35. The molecule has 1 heterocycles. The highest BCUT2D eigenvalue weighted by molar-refractivity contribution is 5.99. The number of rotatable bonds is 6. The van der Waals surface area contributed by atoms with Gasteiger partial charge in [-0.3, -0.25) is 9.59 Å². The molecule has 1 amide bonds. The van der Waals surface area contributed by atoms with Gasteiger partial charge in [0, 0.05) is 23.9 Å². The third-order valence-electron chi connectivity index (χ3n) is 3.69. The molecule has 1 N–H and O–H groups in total. The van der Waals surface area contributed by atoms with Crippen molar-refractivity contribution in [1.82, 2.24) is 5.32 Å². The standard InChI is InChI=1S/C17H21NO4/c1-4-12-7-8-14-13(10-12)11(2)16(22-14)17(20)18-9-5-6-15(19)21-3/h7-8,10H,4-6,9H2,1-3H3,(H,18,20). The van der Waals surface area contributed by atoms with Crippen LogP contribution in [0, 0.1) is 6.92 Å². The Bertz CT molecular complexity index is 687. The fraction of sp³-hybridized carbons (Fsp3) is 0.412. The lowest BCUT2D eigenvalue weighted by Crippen LogP contribution is -2.25. The molecule has 0 unspecified atom stereocenters. The molecule has 2 aromatic rings. The average Bonchev–Trinajstić information content (AvgIpc) is 2.87. The highest BCUT2D eigenvalue weighted by Crippen LogP contribution is 2.26. The van der Waals surface area contributed by atoms with Crippen LogP contribution in [0.25, 0.3) is 11.0 Å². The van der Waals surface area contributed by atoms with Crippen molar-refractivity contribution in [2.24, 2.45) is 0 Å². The van der Waals surface area contributed by atoms with E-state index >= 15 is 0 Å². The molecular weight excluding hydrogens is 282 g/mol. The van der Waals surface area contributed by atoms with Gasteiger partial charge in [0.15, 0.2) is 5.76 Å². The Morgan fingerprint density at radius 1 is 1.32 bits per heavy atom. The molecule has 0 fully saturated rings. The van der Waals surface area contributed by atoms with Gasteiger partial charge in [-0.15, -0.1) is 0 Å². The zero-order chi connectivity index (χ0) is 16.1. The number of carbonyl (C=O) groups is 2. The summed E-state index contributed by atoms with van der Waals surface area (Å²) in [4.78, 5) is 23.2. The SMILES string of the molecule is CCc1ccc2oc(C(=O)NCCCC(=O)OC)c(C)c2c1. The van der Waals surface area contributed by atoms with E-state index in [2.05, 4.69) is 23.0 Å². The molecule has 0 atom stereocenters. The number of esters is 1. The summed E-state index contributed by atoms with van der Waals surface area (Å²) >= 11 is 0. The molecule has 118 valence electrons. The van der Waals surface area contributed by atoms with Gasteiger partial charge in [-0.1, -0.05) is 13.0 Å². The maximum Gasteiger partial charge on any atom is 0.305 e. The van der Waals surface area contributed by atoms with Gasteiger partial charge < -0.3 is 14.5 Å². The van der Waals surface area contributed by atoms with Crippen LogP contribution in [0.5, 0.6) is 0 Å². The number of ether oxygens (including phenoxy) is 1. The number of nitrogens with one attached hydrogen (secondary N) is 1. The number of hydrogen-bond donors (Lipinski definition) is 1. The lowest BCUT2D eigenvalue weighted by molar-refractivity contribution is -0.140. The molecule has 5 nitrogen and oxygen atoms in total. The Morgan fingerprint density at radius 3 is 2.77 bits per heavy atom. The Morgan fingerprint density at radius 2 is 2.09 bits per heavy atom. The summed E-state index contributed by atoms with van der Waals surface area (Å²) in [6, 6.07) is 5.96. The van der Waals surface area contributed by atoms with Crippen LogP contribution in [0.3, 0.4) is 0 Å². The molecule has 0 spiro atoms. The minimum atomic E-state index is -0.277. The van der Waals surface area contributed by atoms with Gasteiger partial charge in [-0.2, -0.15) is 0 Å². The van der Waals surface area contributed by atoms with Crippen LogP contribution in [-0.4, -0.2) is 25.5 Å². The van der Waals surface area contributed by atoms with Crippen molar-refractivity contribution in [2.45, 2.75) is 33.1 Å². The van der Waals surface area contributed by atoms with E-state index in [9.17, 15) is 9.59 Å². The van der Waals surface area contributed by atoms with E-state index in [0.29, 0.717) is 18.7 Å². The third kappa shape index (κ3) is 3.47. The Hall–Kier alpha value is -2.30. The highest BCUT2D eigenvalue weighted by Gasteiger charge is 2.17. The van der Waals surface area contributed by atoms with Crippen LogP contribution in [0.4, 0.5) is 0 Å². The van der Waals surface area contributed by atoms with Crippen molar-refractivity contribution >= 4 is 22.8 Å². The van der Waals surface area contributed by atoms with Gasteiger partial charge in [0.1, 0.15) is 5.58 Å². The van der Waals surface area contributed by atoms with E-state index in [1.54, 1.807) is 0 Å². The number of carbonyl (C=O) groups excluding carboxylic acids is 2. The van der Waals surface area contributed by atoms with Crippen molar-refractivity contribution in [3.05, 3.63) is 35.1 Å². The zero-order valence-corrected chi connectivity index (χ0v) is 13.2. The van der Waals surface area contributed by atoms with Gasteiger partial charge in [0.25, 0.3) is 5.91 Å². The summed E-state index contributed by atoms with van der Waals surface area (Å²) in [6.07, 6.45) is 1.77. The van der Waals surface area contributed by atoms with E-state index in [-0.39, 0.29) is 18.3 Å². The van der Waals surface area contributed by atoms with E-state index in [0.717, 1.165) is 23.0 Å². The van der Waals surface area contributed by atoms with Crippen LogP contribution in [0.15, 0.2) is 22.6 Å². The molecule has 0 saturated heterocycles. The first kappa shape index (κ1) is 16.1. The molecule has 22 heavy (non-hydrogen) atoms. The first-order valence-electron chi connectivity index (χ1n) is 7.43. The molecular formula is C17H21NO4. The predicted octanol–water partition coefficient (Wildman–Crippen LogP) is 2.99. The number of benzene rings is 1. The van der Waals surface area contributed by atoms with Crippen molar-refractivity contribution in [1.29, 1.82) is 0 Å². The number of hydrogen-bond acceptors (Lipinski definition) is 4. The largest absolute Gasteiger partial charge is 0.469 e. The van der Waals surface area contributed by atoms with Gasteiger partial charge >= 0.3 is 5.97 Å². The number of aryl methyl sites for hydroxylation is 2. The Balaban J connectivity index is 2.05. The van der Waals surface area contributed by atoms with Crippen LogP contribution in [0.2, 0.25) is 0 Å². The molecule has 1 aromatic heterocycles. The first-order valence-corrected chi connectivity index (χ1v) is 7.43. The number of amides is 1. The van der Waals surface area contributed by atoms with E-state index in [4.69, 9.17) is 4.42 Å². The van der Waals surface area contributed by atoms with Crippen LogP contribution < -0.4 is 5.32 Å². The number of methoxy groups -OCH3 is 1. The minimum Gasteiger partial charge on any atom is -0.469 e. The predicted molar refractivity (Wildman–Crippen MR) is 83.9 cm³/mol. The number of furan rings is 1. The summed E-state index contributed by atoms with van der Waals surface area (Å²) in [6.45, 7) is 4.38. The van der Waals surface area contributed by atoms with E-state index in [1.165, 1.54) is 12.7 Å². The molecule has 0 radical (unpaired) electrons. The molecule has 5 heteroatoms. The molecule has 2 rings (SSSR count). The summed E-state index contributed by atoms with van der Waals surface area (Å²) in [5.41, 5.74) is 2.77. The second-order valence-corrected chi connectivity index (χ2v) is 5.18. The van der Waals surface area contributed by atoms with Crippen LogP contribution in [-0.2, 0) is 16.0 Å². The molecule has 0 aliphatic rings. The quantitative estimate of drug-likeness (QED) is 0.658. The second-order valence-electron chi connectivity index (χ2n) is 5.18. The smallest absolute Gasteiger partial charge is 0.305 e. The van der Waals surface area contributed by atoms with Gasteiger partial charge in [-0.25, -0.2) is 0 Å². The Kier molecular flexibility index (Phi) is 5.20. The van der Waals surface area contributed by atoms with E-state index < -0.39 is 0 Å². The average molecular weight is 303 g/mol. The first-order chi connectivity index (χ1) is 10.6. The van der Waals surface area contributed by atoms with Crippen molar-refractivity contribution in [3.63, 3.8) is 0 Å². The molecule has 0 aliphatic carbocycles.